The summed E-state index contributed by atoms with van der Waals surface area (Å²) in [4.78, 5) is 12.6. The molecule has 0 saturated heterocycles. The molecule has 0 aliphatic rings. The van der Waals surface area contributed by atoms with Gasteiger partial charge in [0.05, 0.1) is 0 Å². The fraction of sp³-hybridized carbons (Fsp3) is 1.00. The smallest absolute Gasteiger partial charge is 0.295 e. The van der Waals surface area contributed by atoms with Gasteiger partial charge in [-0.3, -0.25) is 4.84 Å². The summed E-state index contributed by atoms with van der Waals surface area (Å²) in [5.74, 6) is 0. The minimum absolute atomic E-state index is 0.368. The third kappa shape index (κ3) is 3.16. The van der Waals surface area contributed by atoms with Crippen molar-refractivity contribution in [3.63, 3.8) is 0 Å². The monoisotopic (exact) mass is 92.0 g/mol. The molecule has 0 bridgehead atoms. The predicted octanol–water partition coefficient (Wildman–Crippen LogP) is -0.889. The lowest BCUT2D eigenvalue weighted by atomic mass is 11.4. The first-order valence-electron chi connectivity index (χ1n) is 1.24. The third-order valence-electron chi connectivity index (χ3n) is 0.180. The highest BCUT2D eigenvalue weighted by atomic mass is 17.0. The normalized spacial score (nSPS) is 7.50. The van der Waals surface area contributed by atoms with Crippen molar-refractivity contribution >= 4 is 0 Å². The second-order valence-electron chi connectivity index (χ2n) is 0.519. The Morgan fingerprint density at radius 1 is 2.00 bits per heavy atom. The lowest BCUT2D eigenvalue weighted by molar-refractivity contribution is -0.757. The molecule has 0 amide bonds. The second-order valence-corrected chi connectivity index (χ2v) is 0.519. The number of nitrogens with two attached hydrogens (primary N) is 1. The topological polar surface area (TPSA) is 78.4 Å². The van der Waals surface area contributed by atoms with Crippen LogP contribution in [0.1, 0.15) is 0 Å². The maximum Gasteiger partial charge on any atom is 0.295 e. The van der Waals surface area contributed by atoms with Gasteiger partial charge in [0.1, 0.15) is 6.73 Å². The molecule has 0 rings (SSSR count). The molecule has 0 aliphatic carbocycles. The van der Waals surface area contributed by atoms with Crippen LogP contribution in [0.15, 0.2) is 0 Å². The van der Waals surface area contributed by atoms with E-state index in [2.05, 4.69) is 10.6 Å². The molecular formula is CH4N2O3. The molecule has 0 fully saturated rings. The average molecular weight is 92.1 g/mol. The zero-order valence-electron chi connectivity index (χ0n) is 2.96. The van der Waals surface area contributed by atoms with Crippen LogP contribution in [-0.4, -0.2) is 11.8 Å². The van der Waals surface area contributed by atoms with Crippen LogP contribution in [0.3, 0.4) is 0 Å². The van der Waals surface area contributed by atoms with E-state index in [1.54, 1.807) is 0 Å². The van der Waals surface area contributed by atoms with E-state index < -0.39 is 5.09 Å². The number of nitrogens with zero attached hydrogens (tertiary/aromatic N) is 1. The average Bonchev–Trinajstić information content (AvgIpc) is 1.35. The van der Waals surface area contributed by atoms with Crippen LogP contribution in [-0.2, 0) is 4.84 Å². The standard InChI is InChI=1S/CH4N2O3/c2-1-6-3(4)5/h1-2H2. The van der Waals surface area contributed by atoms with Gasteiger partial charge in [0.25, 0.3) is 5.09 Å². The SMILES string of the molecule is NCO[N+](=O)[O-]. The van der Waals surface area contributed by atoms with Crippen molar-refractivity contribution in [2.75, 3.05) is 6.73 Å². The number of rotatable bonds is 2. The Morgan fingerprint density at radius 2 is 2.50 bits per heavy atom. The summed E-state index contributed by atoms with van der Waals surface area (Å²) in [6, 6.07) is 0. The van der Waals surface area contributed by atoms with Crippen LogP contribution in [0.25, 0.3) is 0 Å². The molecule has 5 nitrogen and oxygen atoms in total. The van der Waals surface area contributed by atoms with Crippen molar-refractivity contribution in [3.05, 3.63) is 10.1 Å². The van der Waals surface area contributed by atoms with Gasteiger partial charge in [0.15, 0.2) is 0 Å². The Balaban J connectivity index is 2.83. The molecule has 0 saturated carbocycles. The van der Waals surface area contributed by atoms with Gasteiger partial charge in [-0.25, -0.2) is 0 Å². The van der Waals surface area contributed by atoms with Crippen molar-refractivity contribution in [2.24, 2.45) is 5.73 Å². The van der Waals surface area contributed by atoms with Crippen LogP contribution < -0.4 is 5.73 Å². The van der Waals surface area contributed by atoms with E-state index in [9.17, 15) is 0 Å². The lowest BCUT2D eigenvalue weighted by Gasteiger charge is -1.84. The van der Waals surface area contributed by atoms with E-state index >= 15 is 0 Å². The predicted molar refractivity (Wildman–Crippen MR) is 17.1 cm³/mol. The molecule has 36 valence electrons. The maximum absolute atomic E-state index is 9.10. The molecule has 6 heavy (non-hydrogen) atoms. The van der Waals surface area contributed by atoms with Crippen LogP contribution in [0.2, 0.25) is 0 Å². The fourth-order valence-corrected chi connectivity index (χ4v) is 0.0609. The van der Waals surface area contributed by atoms with Crippen molar-refractivity contribution in [1.82, 2.24) is 0 Å². The molecule has 0 aromatic rings. The molecule has 0 heterocycles. The second kappa shape index (κ2) is 2.40. The van der Waals surface area contributed by atoms with Gasteiger partial charge >= 0.3 is 0 Å². The van der Waals surface area contributed by atoms with E-state index in [4.69, 9.17) is 10.1 Å². The van der Waals surface area contributed by atoms with Crippen molar-refractivity contribution in [1.29, 1.82) is 0 Å². The van der Waals surface area contributed by atoms with Crippen LogP contribution in [0.4, 0.5) is 0 Å². The minimum atomic E-state index is -0.944. The highest BCUT2D eigenvalue weighted by molar-refractivity contribution is 3.92. The number of hydrogen-bond donors (Lipinski definition) is 1. The van der Waals surface area contributed by atoms with Crippen LogP contribution >= 0.6 is 0 Å². The molecule has 5 heteroatoms. The summed E-state index contributed by atoms with van der Waals surface area (Å²) < 4.78 is 0. The summed E-state index contributed by atoms with van der Waals surface area (Å²) in [7, 11) is 0. The van der Waals surface area contributed by atoms with Crippen LogP contribution in [0.5, 0.6) is 0 Å². The molecule has 0 aliphatic heterocycles. The summed E-state index contributed by atoms with van der Waals surface area (Å²) in [5, 5.41) is 8.16. The van der Waals surface area contributed by atoms with Crippen LogP contribution in [0, 0.1) is 10.1 Å². The van der Waals surface area contributed by atoms with Gasteiger partial charge in [0.2, 0.25) is 0 Å². The molecule has 2 N–H and O–H groups in total. The fourth-order valence-electron chi connectivity index (χ4n) is 0.0609. The summed E-state index contributed by atoms with van der Waals surface area (Å²) in [5.41, 5.74) is 4.57. The van der Waals surface area contributed by atoms with E-state index in [0.29, 0.717) is 0 Å². The number of hydrogen-bond acceptors (Lipinski definition) is 4. The molecule has 0 spiro atoms. The first-order chi connectivity index (χ1) is 2.77. The van der Waals surface area contributed by atoms with Gasteiger partial charge in [0, 0.05) is 0 Å². The van der Waals surface area contributed by atoms with Crippen molar-refractivity contribution in [3.8, 4) is 0 Å². The van der Waals surface area contributed by atoms with E-state index in [1.807, 2.05) is 0 Å². The Morgan fingerprint density at radius 3 is 2.50 bits per heavy atom. The summed E-state index contributed by atoms with van der Waals surface area (Å²) in [6.07, 6.45) is 0. The zero-order valence-corrected chi connectivity index (χ0v) is 2.96. The van der Waals surface area contributed by atoms with Gasteiger partial charge in [-0.05, 0) is 0 Å². The maximum atomic E-state index is 9.10. The first kappa shape index (κ1) is 5.16. The largest absolute Gasteiger partial charge is 0.309 e. The van der Waals surface area contributed by atoms with Gasteiger partial charge in [-0.15, -0.1) is 10.1 Å². The molecule has 0 radical (unpaired) electrons. The van der Waals surface area contributed by atoms with Gasteiger partial charge in [-0.1, -0.05) is 0 Å². The minimum Gasteiger partial charge on any atom is -0.309 e. The molecular weight excluding hydrogens is 88.0 g/mol. The zero-order chi connectivity index (χ0) is 4.99. The van der Waals surface area contributed by atoms with E-state index in [1.165, 1.54) is 0 Å². The lowest BCUT2D eigenvalue weighted by Crippen LogP contribution is -2.09. The Labute approximate surface area is 33.8 Å². The van der Waals surface area contributed by atoms with Crippen molar-refractivity contribution in [2.45, 2.75) is 0 Å². The van der Waals surface area contributed by atoms with E-state index in [-0.39, 0.29) is 6.73 Å². The first-order valence-corrected chi connectivity index (χ1v) is 1.24. The van der Waals surface area contributed by atoms with Gasteiger partial charge < -0.3 is 5.73 Å². The van der Waals surface area contributed by atoms with E-state index in [0.717, 1.165) is 0 Å². The van der Waals surface area contributed by atoms with Crippen molar-refractivity contribution < 1.29 is 9.92 Å². The molecule has 0 aromatic heterocycles. The highest BCUT2D eigenvalue weighted by Crippen LogP contribution is 1.62. The van der Waals surface area contributed by atoms with Gasteiger partial charge in [-0.2, -0.15) is 0 Å². The summed E-state index contributed by atoms with van der Waals surface area (Å²) in [6.45, 7) is -0.368. The Bertz CT molecular complexity index is 52.8. The molecule has 0 unspecified atom stereocenters. The molecule has 0 aromatic carbocycles. The quantitative estimate of drug-likeness (QED) is 0.272. The summed E-state index contributed by atoms with van der Waals surface area (Å²) >= 11 is 0. The Hall–Kier alpha value is -0.840. The Kier molecular flexibility index (Phi) is 2.06. The molecule has 0 atom stereocenters. The third-order valence-corrected chi connectivity index (χ3v) is 0.180. The highest BCUT2D eigenvalue weighted by Gasteiger charge is 1.83.